The van der Waals surface area contributed by atoms with Crippen LogP contribution in [0.2, 0.25) is 0 Å². The van der Waals surface area contributed by atoms with E-state index in [4.69, 9.17) is 4.98 Å². The lowest BCUT2D eigenvalue weighted by atomic mass is 9.94. The molecule has 1 aliphatic heterocycles. The van der Waals surface area contributed by atoms with Gasteiger partial charge in [0.05, 0.1) is 23.9 Å². The lowest BCUT2D eigenvalue weighted by Crippen LogP contribution is -2.59. The molecule has 164 valence electrons. The molecule has 2 amide bonds. The second-order valence-electron chi connectivity index (χ2n) is 8.73. The summed E-state index contributed by atoms with van der Waals surface area (Å²) in [5.74, 6) is 1.42. The zero-order chi connectivity index (χ0) is 21.8. The Kier molecular flexibility index (Phi) is 7.19. The number of piperazine rings is 1. The van der Waals surface area contributed by atoms with Crippen LogP contribution in [0.1, 0.15) is 75.3 Å². The van der Waals surface area contributed by atoms with Gasteiger partial charge in [0.1, 0.15) is 11.9 Å². The largest absolute Gasteiger partial charge is 0.392 e. The molecular formula is C23H35N5O2. The van der Waals surface area contributed by atoms with Crippen molar-refractivity contribution < 1.29 is 9.90 Å². The van der Waals surface area contributed by atoms with Gasteiger partial charge in [0.15, 0.2) is 0 Å². The highest BCUT2D eigenvalue weighted by molar-refractivity contribution is 5.75. The van der Waals surface area contributed by atoms with E-state index in [9.17, 15) is 15.2 Å². The van der Waals surface area contributed by atoms with Crippen molar-refractivity contribution in [3.8, 4) is 6.07 Å². The summed E-state index contributed by atoms with van der Waals surface area (Å²) < 4.78 is 0. The summed E-state index contributed by atoms with van der Waals surface area (Å²) >= 11 is 0. The molecule has 7 heteroatoms. The number of nitrogens with zero attached hydrogens (tertiary/aromatic N) is 4. The van der Waals surface area contributed by atoms with Gasteiger partial charge in [-0.05, 0) is 37.7 Å². The lowest BCUT2D eigenvalue weighted by molar-refractivity contribution is 0.145. The van der Waals surface area contributed by atoms with Gasteiger partial charge in [-0.1, -0.05) is 27.2 Å². The number of carbonyl (C=O) groups excluding carboxylic acids is 1. The molecule has 2 fully saturated rings. The summed E-state index contributed by atoms with van der Waals surface area (Å²) in [6.45, 7) is 10.7. The van der Waals surface area contributed by atoms with Crippen molar-refractivity contribution >= 4 is 11.8 Å². The fourth-order valence-electron chi connectivity index (χ4n) is 4.50. The van der Waals surface area contributed by atoms with Gasteiger partial charge in [0.2, 0.25) is 0 Å². The smallest absolute Gasteiger partial charge is 0.317 e. The van der Waals surface area contributed by atoms with E-state index in [0.29, 0.717) is 37.7 Å². The van der Waals surface area contributed by atoms with Crippen LogP contribution in [0.5, 0.6) is 0 Å². The molecule has 0 unspecified atom stereocenters. The minimum absolute atomic E-state index is 0.0229. The maximum atomic E-state index is 12.6. The van der Waals surface area contributed by atoms with Crippen molar-refractivity contribution in [3.63, 3.8) is 0 Å². The normalized spacial score (nSPS) is 19.2. The van der Waals surface area contributed by atoms with E-state index in [1.165, 1.54) is 0 Å². The first-order valence-electron chi connectivity index (χ1n) is 11.3. The van der Waals surface area contributed by atoms with Crippen molar-refractivity contribution in [3.05, 3.63) is 22.4 Å². The number of rotatable bonds is 7. The van der Waals surface area contributed by atoms with Crippen molar-refractivity contribution in [1.82, 2.24) is 15.2 Å². The van der Waals surface area contributed by atoms with Gasteiger partial charge in [-0.15, -0.1) is 0 Å². The van der Waals surface area contributed by atoms with Gasteiger partial charge >= 0.3 is 6.03 Å². The standard InChI is InChI=1S/C23H35N5O2/c1-5-7-17-18(12-24)22(26-21(16-8-9-16)19(17)14-29)27-10-11-28(23(30)25-6-2)20(13-27)15(3)4/h15-16,20,29H,5-11,13-14H2,1-4H3,(H,25,30)/t20-/m0/s1. The molecule has 0 bridgehead atoms. The summed E-state index contributed by atoms with van der Waals surface area (Å²) in [7, 11) is 0. The summed E-state index contributed by atoms with van der Waals surface area (Å²) in [5, 5.41) is 23.0. The van der Waals surface area contributed by atoms with Gasteiger partial charge in [-0.3, -0.25) is 0 Å². The number of pyridine rings is 1. The molecule has 2 aliphatic rings. The zero-order valence-corrected chi connectivity index (χ0v) is 18.7. The van der Waals surface area contributed by atoms with E-state index in [1.54, 1.807) is 0 Å². The Labute approximate surface area is 180 Å². The maximum absolute atomic E-state index is 12.6. The maximum Gasteiger partial charge on any atom is 0.317 e. The highest BCUT2D eigenvalue weighted by atomic mass is 16.3. The quantitative estimate of drug-likeness (QED) is 0.716. The van der Waals surface area contributed by atoms with Crippen molar-refractivity contribution in [2.45, 2.75) is 71.9 Å². The first kappa shape index (κ1) is 22.4. The SMILES string of the molecule is CCCc1c(C#N)c(N2CCN(C(=O)NCC)[C@H](C(C)C)C2)nc(C2CC2)c1CO. The Morgan fingerprint density at radius 3 is 2.57 bits per heavy atom. The number of nitriles is 1. The zero-order valence-electron chi connectivity index (χ0n) is 18.7. The van der Waals surface area contributed by atoms with E-state index in [0.717, 1.165) is 48.3 Å². The summed E-state index contributed by atoms with van der Waals surface area (Å²) in [5.41, 5.74) is 3.39. The Morgan fingerprint density at radius 1 is 1.30 bits per heavy atom. The number of aromatic nitrogens is 1. The number of aliphatic hydroxyl groups excluding tert-OH is 1. The highest BCUT2D eigenvalue weighted by Crippen LogP contribution is 2.43. The Hall–Kier alpha value is -2.33. The van der Waals surface area contributed by atoms with E-state index >= 15 is 0 Å². The molecular weight excluding hydrogens is 378 g/mol. The van der Waals surface area contributed by atoms with Crippen LogP contribution >= 0.6 is 0 Å². The molecule has 3 rings (SSSR count). The topological polar surface area (TPSA) is 92.5 Å². The molecule has 1 aromatic rings. The average molecular weight is 414 g/mol. The third-order valence-electron chi connectivity index (χ3n) is 6.24. The Morgan fingerprint density at radius 2 is 2.03 bits per heavy atom. The van der Waals surface area contributed by atoms with Gasteiger partial charge in [0.25, 0.3) is 0 Å². The molecule has 0 aromatic carbocycles. The van der Waals surface area contributed by atoms with Crippen LogP contribution in [-0.2, 0) is 13.0 Å². The molecule has 2 heterocycles. The molecule has 30 heavy (non-hydrogen) atoms. The predicted octanol–water partition coefficient (Wildman–Crippen LogP) is 3.15. The summed E-state index contributed by atoms with van der Waals surface area (Å²) in [6.07, 6.45) is 3.86. The van der Waals surface area contributed by atoms with Gasteiger partial charge in [0, 0.05) is 37.7 Å². The predicted molar refractivity (Wildman–Crippen MR) is 117 cm³/mol. The van der Waals surface area contributed by atoms with Crippen molar-refractivity contribution in [2.24, 2.45) is 5.92 Å². The molecule has 1 aliphatic carbocycles. The molecule has 1 aromatic heterocycles. The van der Waals surface area contributed by atoms with Crippen LogP contribution in [0.25, 0.3) is 0 Å². The summed E-state index contributed by atoms with van der Waals surface area (Å²) in [4.78, 5) is 21.6. The average Bonchev–Trinajstić information content (AvgIpc) is 3.58. The van der Waals surface area contributed by atoms with E-state index in [1.807, 2.05) is 11.8 Å². The van der Waals surface area contributed by atoms with Crippen LogP contribution in [0, 0.1) is 17.2 Å². The van der Waals surface area contributed by atoms with E-state index in [-0.39, 0.29) is 24.6 Å². The third-order valence-corrected chi connectivity index (χ3v) is 6.24. The Balaban J connectivity index is 2.00. The number of hydrogen-bond donors (Lipinski definition) is 2. The van der Waals surface area contributed by atoms with Crippen LogP contribution in [0.15, 0.2) is 0 Å². The van der Waals surface area contributed by atoms with Crippen LogP contribution in [-0.4, -0.2) is 53.2 Å². The van der Waals surface area contributed by atoms with Gasteiger partial charge in [-0.25, -0.2) is 9.78 Å². The molecule has 1 saturated heterocycles. The number of carbonyl (C=O) groups is 1. The number of hydrogen-bond acceptors (Lipinski definition) is 5. The monoisotopic (exact) mass is 413 g/mol. The fraction of sp³-hybridized carbons (Fsp3) is 0.696. The van der Waals surface area contributed by atoms with Crippen LogP contribution < -0.4 is 10.2 Å². The Bertz CT molecular complexity index is 813. The molecule has 2 N–H and O–H groups in total. The number of anilines is 1. The first-order chi connectivity index (χ1) is 14.5. The van der Waals surface area contributed by atoms with Crippen molar-refractivity contribution in [1.29, 1.82) is 5.26 Å². The van der Waals surface area contributed by atoms with Gasteiger partial charge < -0.3 is 20.2 Å². The third kappa shape index (κ3) is 4.39. The molecule has 7 nitrogen and oxygen atoms in total. The molecule has 1 atom stereocenters. The van der Waals surface area contributed by atoms with Crippen molar-refractivity contribution in [2.75, 3.05) is 31.1 Å². The molecule has 0 spiro atoms. The number of amides is 2. The second kappa shape index (κ2) is 9.65. The van der Waals surface area contributed by atoms with Gasteiger partial charge in [-0.2, -0.15) is 5.26 Å². The van der Waals surface area contributed by atoms with E-state index < -0.39 is 0 Å². The van der Waals surface area contributed by atoms with E-state index in [2.05, 4.69) is 37.1 Å². The minimum atomic E-state index is -0.0668. The number of aliphatic hydroxyl groups is 1. The second-order valence-corrected chi connectivity index (χ2v) is 8.73. The minimum Gasteiger partial charge on any atom is -0.392 e. The summed E-state index contributed by atoms with van der Waals surface area (Å²) in [6, 6.07) is 2.43. The first-order valence-corrected chi connectivity index (χ1v) is 11.3. The molecule has 0 radical (unpaired) electrons. The number of urea groups is 1. The highest BCUT2D eigenvalue weighted by Gasteiger charge is 2.36. The number of nitrogens with one attached hydrogen (secondary N) is 1. The lowest BCUT2D eigenvalue weighted by Gasteiger charge is -2.44. The van der Waals surface area contributed by atoms with Crippen LogP contribution in [0.3, 0.4) is 0 Å². The molecule has 1 saturated carbocycles. The fourth-order valence-corrected chi connectivity index (χ4v) is 4.50. The van der Waals surface area contributed by atoms with Crippen LogP contribution in [0.4, 0.5) is 10.6 Å².